The summed E-state index contributed by atoms with van der Waals surface area (Å²) < 4.78 is 5.92. The number of nitrogens with one attached hydrogen (secondary N) is 1. The van der Waals surface area contributed by atoms with E-state index < -0.39 is 0 Å². The number of benzene rings is 1. The molecule has 0 aromatic heterocycles. The lowest BCUT2D eigenvalue weighted by Crippen LogP contribution is -2.00. The van der Waals surface area contributed by atoms with Gasteiger partial charge in [-0.25, -0.2) is 0 Å². The molecule has 0 unspecified atom stereocenters. The van der Waals surface area contributed by atoms with Gasteiger partial charge in [0.15, 0.2) is 0 Å². The predicted octanol–water partition coefficient (Wildman–Crippen LogP) is 2.26. The average molecular weight is 265 g/mol. The standard InChI is InChI=1S/C8H8INO/c1-11-8(10)6-2-4-7(9)5-3-6/h2-5,10H,1H3/i9+4. The topological polar surface area (TPSA) is 33.1 Å². The van der Waals surface area contributed by atoms with Crippen LogP contribution >= 0.6 is 22.6 Å². The van der Waals surface area contributed by atoms with E-state index in [0.29, 0.717) is 0 Å². The molecule has 11 heavy (non-hydrogen) atoms. The summed E-state index contributed by atoms with van der Waals surface area (Å²) in [6.07, 6.45) is 0. The van der Waals surface area contributed by atoms with Gasteiger partial charge >= 0.3 is 0 Å². The highest BCUT2D eigenvalue weighted by molar-refractivity contribution is 14.1. The molecule has 0 saturated heterocycles. The van der Waals surface area contributed by atoms with Crippen LogP contribution in [0.3, 0.4) is 0 Å². The van der Waals surface area contributed by atoms with E-state index in [9.17, 15) is 0 Å². The van der Waals surface area contributed by atoms with Gasteiger partial charge in [0.25, 0.3) is 0 Å². The van der Waals surface area contributed by atoms with E-state index in [1.165, 1.54) is 7.11 Å². The van der Waals surface area contributed by atoms with E-state index in [1.54, 1.807) is 0 Å². The Labute approximate surface area is 79.2 Å². The number of hydrogen-bond acceptors (Lipinski definition) is 2. The van der Waals surface area contributed by atoms with Gasteiger partial charge in [0.05, 0.1) is 7.11 Å². The van der Waals surface area contributed by atoms with Crippen molar-refractivity contribution in [2.24, 2.45) is 0 Å². The highest BCUT2D eigenvalue weighted by atomic mass is 131. The van der Waals surface area contributed by atoms with Crippen LogP contribution in [0.4, 0.5) is 0 Å². The Morgan fingerprint density at radius 2 is 1.91 bits per heavy atom. The van der Waals surface area contributed by atoms with Crippen LogP contribution in [-0.4, -0.2) is 13.0 Å². The molecule has 0 aliphatic rings. The summed E-state index contributed by atoms with van der Waals surface area (Å²) >= 11 is 2.22. The van der Waals surface area contributed by atoms with Gasteiger partial charge in [-0.15, -0.1) is 0 Å². The number of methoxy groups -OCH3 is 1. The molecule has 2 nitrogen and oxygen atoms in total. The van der Waals surface area contributed by atoms with E-state index in [4.69, 9.17) is 10.1 Å². The van der Waals surface area contributed by atoms with Gasteiger partial charge in [0, 0.05) is 9.13 Å². The molecule has 3 heteroatoms. The van der Waals surface area contributed by atoms with Gasteiger partial charge in [-0.1, -0.05) is 0 Å². The minimum atomic E-state index is 0.210. The zero-order chi connectivity index (χ0) is 8.27. The van der Waals surface area contributed by atoms with Gasteiger partial charge in [-0.05, 0) is 46.9 Å². The van der Waals surface area contributed by atoms with Crippen molar-refractivity contribution in [3.8, 4) is 0 Å². The first-order valence-corrected chi connectivity index (χ1v) is 4.20. The first kappa shape index (κ1) is 8.52. The van der Waals surface area contributed by atoms with Crippen molar-refractivity contribution >= 4 is 28.5 Å². The van der Waals surface area contributed by atoms with Crippen LogP contribution in [0.5, 0.6) is 0 Å². The van der Waals surface area contributed by atoms with Crippen molar-refractivity contribution in [2.45, 2.75) is 0 Å². The average Bonchev–Trinajstić information content (AvgIpc) is 2.05. The van der Waals surface area contributed by atoms with Crippen LogP contribution in [0.2, 0.25) is 0 Å². The van der Waals surface area contributed by atoms with Crippen LogP contribution in [0.15, 0.2) is 24.3 Å². The third-order valence-electron chi connectivity index (χ3n) is 1.31. The van der Waals surface area contributed by atoms with Gasteiger partial charge in [0.1, 0.15) is 0 Å². The second-order valence-corrected chi connectivity index (χ2v) is 3.29. The quantitative estimate of drug-likeness (QED) is 0.471. The molecular formula is C8H8INO. The highest BCUT2D eigenvalue weighted by Gasteiger charge is 1.97. The Kier molecular flexibility index (Phi) is 2.87. The second kappa shape index (κ2) is 3.71. The molecule has 0 amide bonds. The lowest BCUT2D eigenvalue weighted by Gasteiger charge is -2.00. The van der Waals surface area contributed by atoms with Crippen molar-refractivity contribution in [2.75, 3.05) is 7.11 Å². The molecule has 1 aromatic carbocycles. The molecule has 0 bridgehead atoms. The maximum absolute atomic E-state index is 7.32. The molecule has 0 aliphatic carbocycles. The van der Waals surface area contributed by atoms with Crippen LogP contribution in [0.25, 0.3) is 0 Å². The van der Waals surface area contributed by atoms with Gasteiger partial charge in [0.2, 0.25) is 5.90 Å². The Hall–Kier alpha value is -0.580. The van der Waals surface area contributed by atoms with E-state index in [0.717, 1.165) is 9.13 Å². The Balaban J connectivity index is 2.90. The van der Waals surface area contributed by atoms with Crippen molar-refractivity contribution in [3.63, 3.8) is 0 Å². The van der Waals surface area contributed by atoms with Crippen molar-refractivity contribution in [3.05, 3.63) is 33.4 Å². The minimum Gasteiger partial charge on any atom is -0.481 e. The van der Waals surface area contributed by atoms with E-state index in [-0.39, 0.29) is 5.90 Å². The Morgan fingerprint density at radius 3 is 2.36 bits per heavy atom. The summed E-state index contributed by atoms with van der Waals surface area (Å²) in [4.78, 5) is 0. The summed E-state index contributed by atoms with van der Waals surface area (Å²) in [5.74, 6) is 0.210. The maximum atomic E-state index is 7.32. The monoisotopic (exact) mass is 265 g/mol. The van der Waals surface area contributed by atoms with Crippen LogP contribution in [0.1, 0.15) is 5.56 Å². The van der Waals surface area contributed by atoms with E-state index in [2.05, 4.69) is 22.6 Å². The van der Waals surface area contributed by atoms with Crippen LogP contribution in [-0.2, 0) is 4.74 Å². The first-order chi connectivity index (χ1) is 5.24. The molecule has 0 spiro atoms. The summed E-state index contributed by atoms with van der Waals surface area (Å²) in [7, 11) is 1.50. The third-order valence-corrected chi connectivity index (χ3v) is 2.03. The van der Waals surface area contributed by atoms with E-state index >= 15 is 0 Å². The summed E-state index contributed by atoms with van der Waals surface area (Å²) in [6.45, 7) is 0. The maximum Gasteiger partial charge on any atom is 0.212 e. The molecule has 0 heterocycles. The summed E-state index contributed by atoms with van der Waals surface area (Å²) in [5.41, 5.74) is 0.813. The molecule has 1 aromatic rings. The van der Waals surface area contributed by atoms with Gasteiger partial charge in [-0.2, -0.15) is 0 Å². The van der Waals surface area contributed by atoms with Crippen molar-refractivity contribution in [1.82, 2.24) is 0 Å². The van der Waals surface area contributed by atoms with Gasteiger partial charge in [-0.3, -0.25) is 5.41 Å². The molecular weight excluding hydrogens is 257 g/mol. The van der Waals surface area contributed by atoms with Crippen LogP contribution < -0.4 is 0 Å². The smallest absolute Gasteiger partial charge is 0.212 e. The van der Waals surface area contributed by atoms with Gasteiger partial charge < -0.3 is 4.74 Å². The molecule has 0 radical (unpaired) electrons. The normalized spacial score (nSPS) is 9.27. The first-order valence-electron chi connectivity index (χ1n) is 3.12. The Bertz CT molecular complexity index is 255. The zero-order valence-electron chi connectivity index (χ0n) is 6.10. The number of halogens is 1. The molecule has 1 rings (SSSR count). The SMILES string of the molecule is COC(=N)c1ccc([131I])cc1. The second-order valence-electron chi connectivity index (χ2n) is 2.04. The lowest BCUT2D eigenvalue weighted by atomic mass is 10.2. The minimum absolute atomic E-state index is 0.210. The molecule has 0 fully saturated rings. The number of rotatable bonds is 1. The lowest BCUT2D eigenvalue weighted by molar-refractivity contribution is 0.401. The van der Waals surface area contributed by atoms with Crippen LogP contribution in [0, 0.1) is 8.98 Å². The van der Waals surface area contributed by atoms with Crippen molar-refractivity contribution in [1.29, 1.82) is 5.41 Å². The fourth-order valence-electron chi connectivity index (χ4n) is 0.719. The molecule has 0 saturated carbocycles. The largest absolute Gasteiger partial charge is 0.481 e. The van der Waals surface area contributed by atoms with E-state index in [1.807, 2.05) is 24.3 Å². The fourth-order valence-corrected chi connectivity index (χ4v) is 1.08. The highest BCUT2D eigenvalue weighted by Crippen LogP contribution is 2.07. The Morgan fingerprint density at radius 1 is 1.36 bits per heavy atom. The predicted molar refractivity (Wildman–Crippen MR) is 53.0 cm³/mol. The summed E-state index contributed by atoms with van der Waals surface area (Å²) in [6, 6.07) is 7.63. The number of hydrogen-bond donors (Lipinski definition) is 1. The third kappa shape index (κ3) is 2.18. The van der Waals surface area contributed by atoms with Crippen molar-refractivity contribution < 1.29 is 4.74 Å². The fraction of sp³-hybridized carbons (Fsp3) is 0.125. The zero-order valence-corrected chi connectivity index (χ0v) is 8.25. The molecule has 1 N–H and O–H groups in total. The summed E-state index contributed by atoms with van der Waals surface area (Å²) in [5, 5.41) is 7.32. The number of ether oxygens (including phenoxy) is 1. The molecule has 58 valence electrons. The molecule has 0 aliphatic heterocycles. The molecule has 0 atom stereocenters.